The molecular formula is C26H38O12. The molecule has 12 atom stereocenters. The molecule has 12 unspecified atom stereocenters. The minimum atomic E-state index is -1.66. The van der Waals surface area contributed by atoms with Gasteiger partial charge in [-0.2, -0.15) is 0 Å². The fraction of sp³-hybridized carbons (Fsp3) is 0.769. The molecule has 12 heteroatoms. The van der Waals surface area contributed by atoms with E-state index in [2.05, 4.69) is 0 Å². The molecule has 214 valence electrons. The SMILES string of the molecule is C/C=C1\C(OC2OC(CO)C(O)C(O)C2O)OC=C2C(=O)OCC(C)C3C(O)CC(C)C3COC(=O)CC21. The van der Waals surface area contributed by atoms with Gasteiger partial charge in [0.25, 0.3) is 0 Å². The summed E-state index contributed by atoms with van der Waals surface area (Å²) in [6, 6.07) is 0. The molecule has 1 aliphatic carbocycles. The van der Waals surface area contributed by atoms with Crippen molar-refractivity contribution in [1.82, 2.24) is 0 Å². The lowest BCUT2D eigenvalue weighted by atomic mass is 9.82. The van der Waals surface area contributed by atoms with Crippen LogP contribution in [0.5, 0.6) is 0 Å². The predicted octanol–water partition coefficient (Wildman–Crippen LogP) is -0.635. The van der Waals surface area contributed by atoms with Crippen LogP contribution < -0.4 is 0 Å². The van der Waals surface area contributed by atoms with E-state index in [1.807, 2.05) is 13.8 Å². The van der Waals surface area contributed by atoms with E-state index in [0.29, 0.717) is 12.0 Å². The molecule has 0 aromatic carbocycles. The molecular weight excluding hydrogens is 504 g/mol. The number of cyclic esters (lactones) is 2. The third-order valence-electron chi connectivity index (χ3n) is 8.27. The monoisotopic (exact) mass is 542 g/mol. The number of esters is 2. The zero-order valence-corrected chi connectivity index (χ0v) is 21.7. The summed E-state index contributed by atoms with van der Waals surface area (Å²) in [6.07, 6.45) is -6.25. The van der Waals surface area contributed by atoms with Crippen molar-refractivity contribution in [1.29, 1.82) is 0 Å². The molecule has 38 heavy (non-hydrogen) atoms. The number of carbonyl (C=O) groups is 2. The van der Waals surface area contributed by atoms with Gasteiger partial charge in [-0.1, -0.05) is 19.9 Å². The van der Waals surface area contributed by atoms with Crippen LogP contribution in [0.1, 0.15) is 33.6 Å². The molecule has 3 heterocycles. The topological polar surface area (TPSA) is 181 Å². The molecule has 3 fully saturated rings. The van der Waals surface area contributed by atoms with Gasteiger partial charge in [0.15, 0.2) is 6.29 Å². The number of hydrogen-bond donors (Lipinski definition) is 5. The summed E-state index contributed by atoms with van der Waals surface area (Å²) in [6.45, 7) is 5.13. The van der Waals surface area contributed by atoms with Gasteiger partial charge in [-0.3, -0.25) is 4.79 Å². The minimum absolute atomic E-state index is 0.0672. The second-order valence-corrected chi connectivity index (χ2v) is 10.7. The van der Waals surface area contributed by atoms with Crippen LogP contribution in [0, 0.1) is 29.6 Å². The van der Waals surface area contributed by atoms with E-state index in [9.17, 15) is 35.1 Å². The van der Waals surface area contributed by atoms with E-state index in [1.165, 1.54) is 0 Å². The van der Waals surface area contributed by atoms with Gasteiger partial charge in [0.1, 0.15) is 24.4 Å². The summed E-state index contributed by atoms with van der Waals surface area (Å²) in [5.74, 6) is -2.37. The van der Waals surface area contributed by atoms with Crippen molar-refractivity contribution in [3.05, 3.63) is 23.5 Å². The van der Waals surface area contributed by atoms with E-state index >= 15 is 0 Å². The number of aliphatic hydroxyl groups excluding tert-OH is 5. The van der Waals surface area contributed by atoms with E-state index in [-0.39, 0.29) is 48.9 Å². The van der Waals surface area contributed by atoms with Crippen LogP contribution in [0.3, 0.4) is 0 Å². The Kier molecular flexibility index (Phi) is 9.13. The number of hydrogen-bond acceptors (Lipinski definition) is 12. The van der Waals surface area contributed by atoms with Gasteiger partial charge in [0.2, 0.25) is 6.29 Å². The van der Waals surface area contributed by atoms with Crippen LogP contribution in [0.4, 0.5) is 0 Å². The molecule has 4 rings (SSSR count). The molecule has 0 aromatic rings. The molecule has 3 aliphatic heterocycles. The Morgan fingerprint density at radius 1 is 1.03 bits per heavy atom. The predicted molar refractivity (Wildman–Crippen MR) is 128 cm³/mol. The third-order valence-corrected chi connectivity index (χ3v) is 8.27. The van der Waals surface area contributed by atoms with Crippen molar-refractivity contribution in [3.63, 3.8) is 0 Å². The molecule has 4 aliphatic rings. The lowest BCUT2D eigenvalue weighted by Gasteiger charge is -2.42. The second kappa shape index (κ2) is 12.0. The van der Waals surface area contributed by atoms with E-state index in [0.717, 1.165) is 6.26 Å². The van der Waals surface area contributed by atoms with Crippen molar-refractivity contribution < 1.29 is 58.8 Å². The highest BCUT2D eigenvalue weighted by molar-refractivity contribution is 5.91. The normalized spacial score (nSPS) is 45.5. The fourth-order valence-electron chi connectivity index (χ4n) is 6.08. The zero-order valence-electron chi connectivity index (χ0n) is 21.7. The van der Waals surface area contributed by atoms with Gasteiger partial charge < -0.3 is 49.2 Å². The summed E-state index contributed by atoms with van der Waals surface area (Å²) < 4.78 is 28.1. The molecule has 0 radical (unpaired) electrons. The average Bonchev–Trinajstić information content (AvgIpc) is 3.18. The number of carbonyl (C=O) groups excluding carboxylic acids is 2. The van der Waals surface area contributed by atoms with Crippen molar-refractivity contribution in [3.8, 4) is 0 Å². The maximum Gasteiger partial charge on any atom is 0.337 e. The Bertz CT molecular complexity index is 931. The standard InChI is InChI=1S/C26H38O12/c1-4-13-14-6-19(29)34-9-15-11(2)5-17(28)20(15)12(3)8-35-24(33)16(14)10-36-25(13)38-26-23(32)22(31)21(30)18(7-27)37-26/h4,10-12,14-15,17-18,20-23,25-28,30-32H,5-9H2,1-3H3/b13-4-. The van der Waals surface area contributed by atoms with Crippen molar-refractivity contribution >= 4 is 11.9 Å². The highest BCUT2D eigenvalue weighted by Crippen LogP contribution is 2.43. The van der Waals surface area contributed by atoms with Crippen molar-refractivity contribution in [2.45, 2.75) is 76.7 Å². The van der Waals surface area contributed by atoms with Gasteiger partial charge in [-0.15, -0.1) is 0 Å². The van der Waals surface area contributed by atoms with E-state index in [1.54, 1.807) is 13.0 Å². The first-order valence-electron chi connectivity index (χ1n) is 13.1. The van der Waals surface area contributed by atoms with Crippen LogP contribution in [-0.2, 0) is 33.3 Å². The van der Waals surface area contributed by atoms with Crippen LogP contribution >= 0.6 is 0 Å². The molecule has 12 nitrogen and oxygen atoms in total. The Morgan fingerprint density at radius 3 is 2.45 bits per heavy atom. The van der Waals surface area contributed by atoms with Gasteiger partial charge in [0.05, 0.1) is 44.2 Å². The average molecular weight is 543 g/mol. The fourth-order valence-corrected chi connectivity index (χ4v) is 6.08. The number of ether oxygens (including phenoxy) is 5. The van der Waals surface area contributed by atoms with E-state index < -0.39 is 67.6 Å². The lowest BCUT2D eigenvalue weighted by molar-refractivity contribution is -0.327. The first-order valence-corrected chi connectivity index (χ1v) is 13.1. The number of aliphatic hydroxyl groups is 5. The molecule has 2 saturated heterocycles. The first kappa shape index (κ1) is 28.9. The summed E-state index contributed by atoms with van der Waals surface area (Å²) in [4.78, 5) is 26.1. The van der Waals surface area contributed by atoms with Crippen LogP contribution in [0.25, 0.3) is 0 Å². The van der Waals surface area contributed by atoms with Crippen LogP contribution in [0.2, 0.25) is 0 Å². The van der Waals surface area contributed by atoms with Gasteiger partial charge in [0, 0.05) is 17.4 Å². The third kappa shape index (κ3) is 5.62. The minimum Gasteiger partial charge on any atom is -0.468 e. The Labute approximate surface area is 220 Å². The molecule has 1 saturated carbocycles. The first-order chi connectivity index (χ1) is 18.1. The van der Waals surface area contributed by atoms with Crippen LogP contribution in [-0.4, -0.2) is 100 Å². The number of allylic oxidation sites excluding steroid dienone is 1. The lowest BCUT2D eigenvalue weighted by Crippen LogP contribution is -2.60. The maximum atomic E-state index is 13.1. The smallest absolute Gasteiger partial charge is 0.337 e. The quantitative estimate of drug-likeness (QED) is 0.225. The highest BCUT2D eigenvalue weighted by Gasteiger charge is 2.48. The molecule has 0 amide bonds. The van der Waals surface area contributed by atoms with Gasteiger partial charge >= 0.3 is 11.9 Å². The second-order valence-electron chi connectivity index (χ2n) is 10.7. The maximum absolute atomic E-state index is 13.1. The largest absolute Gasteiger partial charge is 0.468 e. The number of rotatable bonds is 3. The summed E-state index contributed by atoms with van der Waals surface area (Å²) >= 11 is 0. The summed E-state index contributed by atoms with van der Waals surface area (Å²) in [5.41, 5.74) is 0.439. The molecule has 0 bridgehead atoms. The highest BCUT2D eigenvalue weighted by atomic mass is 16.8. The van der Waals surface area contributed by atoms with E-state index in [4.69, 9.17) is 23.7 Å². The Hall–Kier alpha value is -2.06. The number of fused-ring (bicyclic) bond motifs is 2. The van der Waals surface area contributed by atoms with Gasteiger partial charge in [-0.05, 0) is 31.1 Å². The molecule has 5 N–H and O–H groups in total. The zero-order chi connectivity index (χ0) is 27.7. The Morgan fingerprint density at radius 2 is 1.76 bits per heavy atom. The van der Waals surface area contributed by atoms with Crippen molar-refractivity contribution in [2.24, 2.45) is 29.6 Å². The van der Waals surface area contributed by atoms with Crippen molar-refractivity contribution in [2.75, 3.05) is 19.8 Å². The molecule has 0 aromatic heterocycles. The summed E-state index contributed by atoms with van der Waals surface area (Å²) in [5, 5.41) is 50.6. The van der Waals surface area contributed by atoms with Crippen LogP contribution in [0.15, 0.2) is 23.5 Å². The summed E-state index contributed by atoms with van der Waals surface area (Å²) in [7, 11) is 0. The van der Waals surface area contributed by atoms with Gasteiger partial charge in [-0.25, -0.2) is 4.79 Å². The molecule has 0 spiro atoms. The Balaban J connectivity index is 1.56.